The van der Waals surface area contributed by atoms with Gasteiger partial charge in [0.15, 0.2) is 0 Å². The van der Waals surface area contributed by atoms with Crippen molar-refractivity contribution in [1.82, 2.24) is 14.9 Å². The first-order valence-corrected chi connectivity index (χ1v) is 4.83. The molecule has 0 aromatic carbocycles. The molecular weight excluding hydrogens is 194 g/mol. The third-order valence-electron chi connectivity index (χ3n) is 2.05. The minimum atomic E-state index is -0.629. The third kappa shape index (κ3) is 3.45. The first kappa shape index (κ1) is 11.9. The Bertz CT molecular complexity index is 304. The molecule has 1 aromatic heterocycles. The van der Waals surface area contributed by atoms with Gasteiger partial charge in [-0.05, 0) is 20.5 Å². The minimum absolute atomic E-state index is 0.392. The van der Waals surface area contributed by atoms with Crippen molar-refractivity contribution < 1.29 is 9.84 Å². The average Bonchev–Trinajstić information content (AvgIpc) is 2.25. The number of methoxy groups -OCH3 is 1. The largest absolute Gasteiger partial charge is 0.480 e. The van der Waals surface area contributed by atoms with E-state index in [2.05, 4.69) is 9.97 Å². The lowest BCUT2D eigenvalue weighted by Crippen LogP contribution is -2.16. The molecule has 0 spiro atoms. The summed E-state index contributed by atoms with van der Waals surface area (Å²) in [5.74, 6) is 0.392. The molecule has 0 bridgehead atoms. The quantitative estimate of drug-likeness (QED) is 0.767. The van der Waals surface area contributed by atoms with Crippen LogP contribution in [0.3, 0.4) is 0 Å². The number of aliphatic hydroxyl groups is 1. The highest BCUT2D eigenvalue weighted by Gasteiger charge is 2.15. The first-order valence-electron chi connectivity index (χ1n) is 4.83. The maximum absolute atomic E-state index is 9.87. The summed E-state index contributed by atoms with van der Waals surface area (Å²) in [6.45, 7) is 0.793. The van der Waals surface area contributed by atoms with Gasteiger partial charge < -0.3 is 14.7 Å². The van der Waals surface area contributed by atoms with Crippen LogP contribution in [0.4, 0.5) is 0 Å². The Hall–Kier alpha value is -1.20. The maximum Gasteiger partial charge on any atom is 0.238 e. The number of aromatic nitrogens is 2. The van der Waals surface area contributed by atoms with Crippen molar-refractivity contribution in [2.24, 2.45) is 0 Å². The molecule has 84 valence electrons. The van der Waals surface area contributed by atoms with Crippen LogP contribution in [0.2, 0.25) is 0 Å². The summed E-state index contributed by atoms with van der Waals surface area (Å²) >= 11 is 0. The van der Waals surface area contributed by atoms with E-state index in [0.29, 0.717) is 18.0 Å². The molecule has 1 rings (SSSR count). The molecule has 1 atom stereocenters. The van der Waals surface area contributed by atoms with E-state index in [4.69, 9.17) is 4.74 Å². The molecule has 5 nitrogen and oxygen atoms in total. The van der Waals surface area contributed by atoms with E-state index in [0.717, 1.165) is 6.54 Å². The predicted molar refractivity (Wildman–Crippen MR) is 56.7 cm³/mol. The Balaban J connectivity index is 2.68. The molecule has 0 fully saturated rings. The Morgan fingerprint density at radius 2 is 2.07 bits per heavy atom. The molecular formula is C10H17N3O2. The summed E-state index contributed by atoms with van der Waals surface area (Å²) in [6.07, 6.45) is 3.08. The van der Waals surface area contributed by atoms with E-state index in [-0.39, 0.29) is 0 Å². The van der Waals surface area contributed by atoms with Crippen molar-refractivity contribution in [3.63, 3.8) is 0 Å². The van der Waals surface area contributed by atoms with Crippen molar-refractivity contribution in [2.45, 2.75) is 12.5 Å². The van der Waals surface area contributed by atoms with Gasteiger partial charge in [-0.25, -0.2) is 4.98 Å². The van der Waals surface area contributed by atoms with Crippen LogP contribution in [-0.2, 0) is 0 Å². The van der Waals surface area contributed by atoms with Gasteiger partial charge in [0.1, 0.15) is 11.8 Å². The molecule has 5 heteroatoms. The van der Waals surface area contributed by atoms with E-state index >= 15 is 0 Å². The summed E-state index contributed by atoms with van der Waals surface area (Å²) < 4.78 is 5.03. The number of ether oxygens (including phenoxy) is 1. The van der Waals surface area contributed by atoms with Crippen LogP contribution in [0, 0.1) is 0 Å². The Morgan fingerprint density at radius 1 is 1.40 bits per heavy atom. The number of nitrogens with zero attached hydrogens (tertiary/aromatic N) is 3. The second kappa shape index (κ2) is 5.63. The van der Waals surface area contributed by atoms with E-state index in [9.17, 15) is 5.11 Å². The average molecular weight is 211 g/mol. The molecule has 0 saturated heterocycles. The van der Waals surface area contributed by atoms with Gasteiger partial charge in [0.25, 0.3) is 0 Å². The molecule has 0 aliphatic carbocycles. The van der Waals surface area contributed by atoms with Crippen LogP contribution >= 0.6 is 0 Å². The van der Waals surface area contributed by atoms with Crippen LogP contribution in [0.5, 0.6) is 5.88 Å². The van der Waals surface area contributed by atoms with E-state index < -0.39 is 6.10 Å². The number of hydrogen-bond donors (Lipinski definition) is 1. The fourth-order valence-corrected chi connectivity index (χ4v) is 1.24. The van der Waals surface area contributed by atoms with Gasteiger partial charge in [0.05, 0.1) is 7.11 Å². The molecule has 1 aromatic rings. The molecule has 0 aliphatic rings. The third-order valence-corrected chi connectivity index (χ3v) is 2.05. The van der Waals surface area contributed by atoms with Crippen LogP contribution in [0.1, 0.15) is 18.2 Å². The fraction of sp³-hybridized carbons (Fsp3) is 0.600. The Kier molecular flexibility index (Phi) is 4.45. The smallest absolute Gasteiger partial charge is 0.238 e. The lowest BCUT2D eigenvalue weighted by Gasteiger charge is -2.15. The predicted octanol–water partition coefficient (Wildman–Crippen LogP) is 0.470. The van der Waals surface area contributed by atoms with Crippen LogP contribution in [0.25, 0.3) is 0 Å². The molecule has 0 radical (unpaired) electrons. The molecule has 15 heavy (non-hydrogen) atoms. The van der Waals surface area contributed by atoms with E-state index in [1.807, 2.05) is 19.0 Å². The van der Waals surface area contributed by atoms with Gasteiger partial charge in [-0.1, -0.05) is 0 Å². The molecule has 0 amide bonds. The Morgan fingerprint density at radius 3 is 2.67 bits per heavy atom. The second-order valence-corrected chi connectivity index (χ2v) is 3.56. The van der Waals surface area contributed by atoms with Crippen molar-refractivity contribution in [1.29, 1.82) is 0 Å². The van der Waals surface area contributed by atoms with Gasteiger partial charge in [-0.15, -0.1) is 0 Å². The van der Waals surface area contributed by atoms with Gasteiger partial charge in [0, 0.05) is 18.9 Å². The zero-order chi connectivity index (χ0) is 11.3. The van der Waals surface area contributed by atoms with Crippen LogP contribution < -0.4 is 4.74 Å². The maximum atomic E-state index is 9.87. The zero-order valence-corrected chi connectivity index (χ0v) is 9.34. The molecule has 1 heterocycles. The highest BCUT2D eigenvalue weighted by Crippen LogP contribution is 2.21. The summed E-state index contributed by atoms with van der Waals surface area (Å²) in [7, 11) is 5.44. The van der Waals surface area contributed by atoms with Crippen molar-refractivity contribution >= 4 is 0 Å². The van der Waals surface area contributed by atoms with E-state index in [1.165, 1.54) is 7.11 Å². The van der Waals surface area contributed by atoms with Crippen LogP contribution in [-0.4, -0.2) is 47.7 Å². The standard InChI is InChI=1S/C10H17N3O2/c1-13(2)7-4-8(14)9-10(15-3)12-6-5-11-9/h5-6,8,14H,4,7H2,1-3H3. The number of hydrogen-bond acceptors (Lipinski definition) is 5. The van der Waals surface area contributed by atoms with Gasteiger partial charge >= 0.3 is 0 Å². The van der Waals surface area contributed by atoms with Crippen LogP contribution in [0.15, 0.2) is 12.4 Å². The molecule has 0 aliphatic heterocycles. The highest BCUT2D eigenvalue weighted by atomic mass is 16.5. The van der Waals surface area contributed by atoms with E-state index in [1.54, 1.807) is 12.4 Å². The molecule has 1 N–H and O–H groups in total. The van der Waals surface area contributed by atoms with Crippen molar-refractivity contribution in [2.75, 3.05) is 27.7 Å². The number of rotatable bonds is 5. The van der Waals surface area contributed by atoms with Gasteiger partial charge in [-0.3, -0.25) is 4.98 Å². The lowest BCUT2D eigenvalue weighted by atomic mass is 10.2. The molecule has 1 unspecified atom stereocenters. The van der Waals surface area contributed by atoms with Crippen molar-refractivity contribution in [3.8, 4) is 5.88 Å². The monoisotopic (exact) mass is 211 g/mol. The van der Waals surface area contributed by atoms with Gasteiger partial charge in [0.2, 0.25) is 5.88 Å². The first-order chi connectivity index (χ1) is 7.15. The molecule has 0 saturated carbocycles. The highest BCUT2D eigenvalue weighted by molar-refractivity contribution is 5.19. The topological polar surface area (TPSA) is 58.5 Å². The number of aliphatic hydroxyl groups excluding tert-OH is 1. The normalized spacial score (nSPS) is 12.9. The summed E-state index contributed by atoms with van der Waals surface area (Å²) in [5, 5.41) is 9.87. The fourth-order valence-electron chi connectivity index (χ4n) is 1.24. The summed E-state index contributed by atoms with van der Waals surface area (Å²) in [4.78, 5) is 10.1. The van der Waals surface area contributed by atoms with Crippen molar-refractivity contribution in [3.05, 3.63) is 18.1 Å². The lowest BCUT2D eigenvalue weighted by molar-refractivity contribution is 0.145. The second-order valence-electron chi connectivity index (χ2n) is 3.56. The summed E-state index contributed by atoms with van der Waals surface area (Å²) in [5.41, 5.74) is 0.502. The minimum Gasteiger partial charge on any atom is -0.480 e. The van der Waals surface area contributed by atoms with Gasteiger partial charge in [-0.2, -0.15) is 0 Å². The zero-order valence-electron chi connectivity index (χ0n) is 9.34. The summed E-state index contributed by atoms with van der Waals surface area (Å²) in [6, 6.07) is 0. The Labute approximate surface area is 89.7 Å². The SMILES string of the molecule is COc1nccnc1C(O)CCN(C)C.